The van der Waals surface area contributed by atoms with Crippen LogP contribution >= 0.6 is 0 Å². The first-order valence-electron chi connectivity index (χ1n) is 9.74. The molecule has 0 saturated heterocycles. The van der Waals surface area contributed by atoms with Gasteiger partial charge in [0, 0.05) is 26.0 Å². The van der Waals surface area contributed by atoms with Crippen LogP contribution < -0.4 is 10.1 Å². The maximum absolute atomic E-state index is 12.8. The Morgan fingerprint density at radius 3 is 1.97 bits per heavy atom. The van der Waals surface area contributed by atoms with Crippen LogP contribution in [-0.2, 0) is 9.53 Å². The molecule has 4 heteroatoms. The molecule has 0 bridgehead atoms. The van der Waals surface area contributed by atoms with E-state index < -0.39 is 0 Å². The highest BCUT2D eigenvalue weighted by Crippen LogP contribution is 2.28. The average molecular weight is 389 g/mol. The maximum atomic E-state index is 12.8. The van der Waals surface area contributed by atoms with Crippen molar-refractivity contribution in [1.29, 1.82) is 0 Å². The standard InChI is InChI=1S/C25H27NO3/c1-28-22-15-9-14-21(16-22)24(29-2)18-26-25(27)17-23(19-10-5-3-6-11-19)20-12-7-4-8-13-20/h3-16,23-24H,17-18H2,1-2H3,(H,26,27). The van der Waals surface area contributed by atoms with Crippen LogP contribution in [0.5, 0.6) is 5.75 Å². The van der Waals surface area contributed by atoms with Crippen LogP contribution in [0.4, 0.5) is 0 Å². The van der Waals surface area contributed by atoms with Gasteiger partial charge in [-0.2, -0.15) is 0 Å². The number of nitrogens with one attached hydrogen (secondary N) is 1. The molecule has 3 rings (SSSR count). The molecular weight excluding hydrogens is 362 g/mol. The van der Waals surface area contributed by atoms with Crippen LogP contribution in [0.2, 0.25) is 0 Å². The minimum absolute atomic E-state index is 0.00680. The number of hydrogen-bond acceptors (Lipinski definition) is 3. The average Bonchev–Trinajstić information content (AvgIpc) is 2.79. The number of methoxy groups -OCH3 is 2. The van der Waals surface area contributed by atoms with Crippen molar-refractivity contribution >= 4 is 5.91 Å². The first-order chi connectivity index (χ1) is 14.2. The van der Waals surface area contributed by atoms with E-state index in [2.05, 4.69) is 29.6 Å². The van der Waals surface area contributed by atoms with E-state index in [0.29, 0.717) is 13.0 Å². The van der Waals surface area contributed by atoms with Crippen LogP contribution in [0.1, 0.15) is 35.1 Å². The topological polar surface area (TPSA) is 47.6 Å². The van der Waals surface area contributed by atoms with Gasteiger partial charge in [-0.05, 0) is 28.8 Å². The number of hydrogen-bond donors (Lipinski definition) is 1. The SMILES string of the molecule is COc1cccc(C(CNC(=O)CC(c2ccccc2)c2ccccc2)OC)c1. The fourth-order valence-electron chi connectivity index (χ4n) is 3.44. The fourth-order valence-corrected chi connectivity index (χ4v) is 3.44. The van der Waals surface area contributed by atoms with E-state index in [1.807, 2.05) is 60.7 Å². The third kappa shape index (κ3) is 5.69. The number of rotatable bonds is 9. The Morgan fingerprint density at radius 2 is 1.41 bits per heavy atom. The minimum Gasteiger partial charge on any atom is -0.497 e. The van der Waals surface area contributed by atoms with E-state index >= 15 is 0 Å². The first kappa shape index (κ1) is 20.6. The van der Waals surface area contributed by atoms with Crippen LogP contribution in [0.3, 0.4) is 0 Å². The van der Waals surface area contributed by atoms with Gasteiger partial charge in [-0.3, -0.25) is 4.79 Å². The van der Waals surface area contributed by atoms with Gasteiger partial charge in [0.2, 0.25) is 5.91 Å². The quantitative estimate of drug-likeness (QED) is 0.576. The number of carbonyl (C=O) groups excluding carboxylic acids is 1. The molecule has 1 unspecified atom stereocenters. The zero-order valence-electron chi connectivity index (χ0n) is 16.9. The molecule has 0 aliphatic carbocycles. The lowest BCUT2D eigenvalue weighted by molar-refractivity contribution is -0.121. The van der Waals surface area contributed by atoms with Gasteiger partial charge in [0.1, 0.15) is 5.75 Å². The number of benzene rings is 3. The molecular formula is C25H27NO3. The van der Waals surface area contributed by atoms with E-state index in [1.54, 1.807) is 14.2 Å². The molecule has 1 amide bonds. The van der Waals surface area contributed by atoms with E-state index in [9.17, 15) is 4.79 Å². The van der Waals surface area contributed by atoms with Crippen molar-refractivity contribution in [2.75, 3.05) is 20.8 Å². The summed E-state index contributed by atoms with van der Waals surface area (Å²) in [5.74, 6) is 0.770. The van der Waals surface area contributed by atoms with E-state index in [0.717, 1.165) is 22.4 Å². The molecule has 0 spiro atoms. The monoisotopic (exact) mass is 389 g/mol. The van der Waals surface area contributed by atoms with Crippen LogP contribution in [0.15, 0.2) is 84.9 Å². The van der Waals surface area contributed by atoms with Gasteiger partial charge < -0.3 is 14.8 Å². The molecule has 3 aromatic rings. The zero-order chi connectivity index (χ0) is 20.5. The van der Waals surface area contributed by atoms with Crippen molar-refractivity contribution < 1.29 is 14.3 Å². The minimum atomic E-state index is -0.235. The third-order valence-electron chi connectivity index (χ3n) is 5.03. The van der Waals surface area contributed by atoms with Crippen molar-refractivity contribution in [3.8, 4) is 5.75 Å². The van der Waals surface area contributed by atoms with Crippen LogP contribution in [0, 0.1) is 0 Å². The molecule has 0 heterocycles. The van der Waals surface area contributed by atoms with Gasteiger partial charge in [0.25, 0.3) is 0 Å². The summed E-state index contributed by atoms with van der Waals surface area (Å²) in [4.78, 5) is 12.8. The summed E-state index contributed by atoms with van der Waals surface area (Å²) in [5, 5.41) is 3.03. The molecule has 0 radical (unpaired) electrons. The van der Waals surface area contributed by atoms with Crippen LogP contribution in [0.25, 0.3) is 0 Å². The Balaban J connectivity index is 1.68. The summed E-state index contributed by atoms with van der Waals surface area (Å²) in [6.45, 7) is 0.402. The summed E-state index contributed by atoms with van der Waals surface area (Å²) in [5.41, 5.74) is 3.23. The molecule has 4 nitrogen and oxygen atoms in total. The van der Waals surface area contributed by atoms with Gasteiger partial charge in [-0.25, -0.2) is 0 Å². The molecule has 0 aromatic heterocycles. The van der Waals surface area contributed by atoms with Gasteiger partial charge in [-0.15, -0.1) is 0 Å². The van der Waals surface area contributed by atoms with Gasteiger partial charge in [-0.1, -0.05) is 72.8 Å². The largest absolute Gasteiger partial charge is 0.497 e. The predicted octanol–water partition coefficient (Wildman–Crippen LogP) is 4.72. The van der Waals surface area contributed by atoms with E-state index in [-0.39, 0.29) is 17.9 Å². The Hall–Kier alpha value is -3.11. The highest BCUT2D eigenvalue weighted by Gasteiger charge is 2.19. The number of ether oxygens (including phenoxy) is 2. The molecule has 0 saturated carbocycles. The van der Waals surface area contributed by atoms with Crippen molar-refractivity contribution in [2.45, 2.75) is 18.4 Å². The normalized spacial score (nSPS) is 11.8. The van der Waals surface area contributed by atoms with Crippen molar-refractivity contribution in [2.24, 2.45) is 0 Å². The van der Waals surface area contributed by atoms with Crippen molar-refractivity contribution in [3.05, 3.63) is 102 Å². The second-order valence-electron chi connectivity index (χ2n) is 6.88. The summed E-state index contributed by atoms with van der Waals surface area (Å²) in [6, 6.07) is 28.0. The summed E-state index contributed by atoms with van der Waals surface area (Å²) in [6.07, 6.45) is 0.142. The van der Waals surface area contributed by atoms with Gasteiger partial charge in [0.15, 0.2) is 0 Å². The molecule has 150 valence electrons. The van der Waals surface area contributed by atoms with Gasteiger partial charge >= 0.3 is 0 Å². The molecule has 0 aliphatic rings. The lowest BCUT2D eigenvalue weighted by Gasteiger charge is -2.20. The highest BCUT2D eigenvalue weighted by molar-refractivity contribution is 5.77. The lowest BCUT2D eigenvalue weighted by atomic mass is 9.88. The maximum Gasteiger partial charge on any atom is 0.221 e. The highest BCUT2D eigenvalue weighted by atomic mass is 16.5. The molecule has 0 aliphatic heterocycles. The number of carbonyl (C=O) groups is 1. The summed E-state index contributed by atoms with van der Waals surface area (Å²) in [7, 11) is 3.28. The summed E-state index contributed by atoms with van der Waals surface area (Å²) >= 11 is 0. The van der Waals surface area contributed by atoms with Crippen LogP contribution in [-0.4, -0.2) is 26.7 Å². The summed E-state index contributed by atoms with van der Waals surface area (Å²) < 4.78 is 10.9. The number of amides is 1. The Labute approximate surface area is 172 Å². The fraction of sp³-hybridized carbons (Fsp3) is 0.240. The second-order valence-corrected chi connectivity index (χ2v) is 6.88. The molecule has 3 aromatic carbocycles. The molecule has 0 fully saturated rings. The second kappa shape index (κ2) is 10.4. The molecule has 1 N–H and O–H groups in total. The Morgan fingerprint density at radius 1 is 0.828 bits per heavy atom. The molecule has 29 heavy (non-hydrogen) atoms. The van der Waals surface area contributed by atoms with Gasteiger partial charge in [0.05, 0.1) is 13.2 Å². The lowest BCUT2D eigenvalue weighted by Crippen LogP contribution is -2.30. The third-order valence-corrected chi connectivity index (χ3v) is 5.03. The predicted molar refractivity (Wildman–Crippen MR) is 115 cm³/mol. The molecule has 1 atom stereocenters. The van der Waals surface area contributed by atoms with Crippen molar-refractivity contribution in [1.82, 2.24) is 5.32 Å². The van der Waals surface area contributed by atoms with E-state index in [4.69, 9.17) is 9.47 Å². The first-order valence-corrected chi connectivity index (χ1v) is 9.74. The Bertz CT molecular complexity index is 857. The van der Waals surface area contributed by atoms with Crippen molar-refractivity contribution in [3.63, 3.8) is 0 Å². The smallest absolute Gasteiger partial charge is 0.221 e. The van der Waals surface area contributed by atoms with E-state index in [1.165, 1.54) is 0 Å². The Kier molecular flexibility index (Phi) is 7.42. The zero-order valence-corrected chi connectivity index (χ0v) is 16.9.